The molecule has 1 nitrogen and oxygen atoms in total. The van der Waals surface area contributed by atoms with Gasteiger partial charge in [0, 0.05) is 0 Å². The largest absolute Gasteiger partial charge is 0.496 e. The van der Waals surface area contributed by atoms with Crippen LogP contribution in [0.3, 0.4) is 0 Å². The van der Waals surface area contributed by atoms with Crippen LogP contribution in [0, 0.1) is 0 Å². The highest BCUT2D eigenvalue weighted by Gasteiger charge is 2.19. The van der Waals surface area contributed by atoms with Crippen molar-refractivity contribution in [3.05, 3.63) is 29.3 Å². The zero-order valence-corrected chi connectivity index (χ0v) is 10.7. The maximum Gasteiger partial charge on any atom is 0.122 e. The smallest absolute Gasteiger partial charge is 0.122 e. The Balaban J connectivity index is 3.26. The van der Waals surface area contributed by atoms with E-state index in [0.717, 1.165) is 5.75 Å². The maximum atomic E-state index is 5.41. The Labute approximate surface area is 93.5 Å². The van der Waals surface area contributed by atoms with E-state index in [1.54, 1.807) is 7.11 Å². The van der Waals surface area contributed by atoms with Crippen LogP contribution in [0.25, 0.3) is 0 Å². The molecule has 0 aromatic heterocycles. The van der Waals surface area contributed by atoms with Crippen LogP contribution in [0.1, 0.15) is 51.7 Å². The molecule has 0 saturated heterocycles. The minimum Gasteiger partial charge on any atom is -0.496 e. The third kappa shape index (κ3) is 2.74. The van der Waals surface area contributed by atoms with Gasteiger partial charge in [-0.1, -0.05) is 46.8 Å². The lowest BCUT2D eigenvalue weighted by molar-refractivity contribution is 0.397. The summed E-state index contributed by atoms with van der Waals surface area (Å²) in [4.78, 5) is 0. The molecule has 1 aromatic rings. The number of ether oxygens (including phenoxy) is 1. The predicted molar refractivity (Wildman–Crippen MR) is 65.8 cm³/mol. The Bertz CT molecular complexity index is 332. The van der Waals surface area contributed by atoms with E-state index >= 15 is 0 Å². The normalized spacial score (nSPS) is 11.9. The molecule has 0 unspecified atom stereocenters. The Hall–Kier alpha value is -0.980. The zero-order valence-electron chi connectivity index (χ0n) is 10.7. The molecule has 15 heavy (non-hydrogen) atoms. The lowest BCUT2D eigenvalue weighted by Crippen LogP contribution is -2.13. The van der Waals surface area contributed by atoms with Crippen molar-refractivity contribution in [1.29, 1.82) is 0 Å². The van der Waals surface area contributed by atoms with Gasteiger partial charge in [-0.05, 0) is 28.5 Å². The lowest BCUT2D eigenvalue weighted by Gasteiger charge is -2.23. The Morgan fingerprint density at radius 1 is 1.13 bits per heavy atom. The van der Waals surface area contributed by atoms with Gasteiger partial charge in [-0.25, -0.2) is 0 Å². The average Bonchev–Trinajstić information content (AvgIpc) is 2.15. The molecule has 0 amide bonds. The molecule has 1 rings (SSSR count). The van der Waals surface area contributed by atoms with Crippen molar-refractivity contribution in [2.75, 3.05) is 7.11 Å². The molecular formula is C14H22O. The average molecular weight is 206 g/mol. The van der Waals surface area contributed by atoms with Crippen LogP contribution < -0.4 is 4.74 Å². The standard InChI is InChI=1S/C14H22O/c1-10(2)11-7-8-13(15-6)12(9-11)14(3,4)5/h7-10H,1-6H3. The second-order valence-corrected chi connectivity index (χ2v) is 5.36. The first-order chi connectivity index (χ1) is 6.86. The predicted octanol–water partition coefficient (Wildman–Crippen LogP) is 4.12. The second-order valence-electron chi connectivity index (χ2n) is 5.36. The molecule has 0 fully saturated rings. The molecule has 0 N–H and O–H groups in total. The van der Waals surface area contributed by atoms with Gasteiger partial charge in [0.2, 0.25) is 0 Å². The molecule has 0 aliphatic carbocycles. The summed E-state index contributed by atoms with van der Waals surface area (Å²) in [7, 11) is 1.74. The molecule has 1 aromatic carbocycles. The number of methoxy groups -OCH3 is 1. The summed E-state index contributed by atoms with van der Waals surface area (Å²) < 4.78 is 5.41. The second kappa shape index (κ2) is 4.26. The SMILES string of the molecule is COc1ccc(C(C)C)cc1C(C)(C)C. The van der Waals surface area contributed by atoms with Gasteiger partial charge in [0.25, 0.3) is 0 Å². The first kappa shape index (κ1) is 12.1. The van der Waals surface area contributed by atoms with E-state index in [1.165, 1.54) is 11.1 Å². The maximum absolute atomic E-state index is 5.41. The van der Waals surface area contributed by atoms with E-state index in [9.17, 15) is 0 Å². The van der Waals surface area contributed by atoms with Crippen molar-refractivity contribution < 1.29 is 4.74 Å². The van der Waals surface area contributed by atoms with Crippen LogP contribution in [-0.2, 0) is 5.41 Å². The first-order valence-electron chi connectivity index (χ1n) is 5.54. The van der Waals surface area contributed by atoms with Crippen molar-refractivity contribution in [2.24, 2.45) is 0 Å². The van der Waals surface area contributed by atoms with E-state index in [4.69, 9.17) is 4.74 Å². The quantitative estimate of drug-likeness (QED) is 0.707. The van der Waals surface area contributed by atoms with E-state index in [2.05, 4.69) is 52.8 Å². The van der Waals surface area contributed by atoms with E-state index in [-0.39, 0.29) is 5.41 Å². The zero-order chi connectivity index (χ0) is 11.6. The Kier molecular flexibility index (Phi) is 3.43. The molecule has 0 heterocycles. The van der Waals surface area contributed by atoms with E-state index in [1.807, 2.05) is 0 Å². The van der Waals surface area contributed by atoms with Gasteiger partial charge in [0.1, 0.15) is 5.75 Å². The van der Waals surface area contributed by atoms with Crippen molar-refractivity contribution in [3.63, 3.8) is 0 Å². The highest BCUT2D eigenvalue weighted by atomic mass is 16.5. The molecule has 0 aliphatic heterocycles. The Morgan fingerprint density at radius 3 is 2.13 bits per heavy atom. The van der Waals surface area contributed by atoms with Crippen molar-refractivity contribution in [3.8, 4) is 5.75 Å². The fourth-order valence-corrected chi connectivity index (χ4v) is 1.67. The van der Waals surface area contributed by atoms with Crippen molar-refractivity contribution in [2.45, 2.75) is 46.0 Å². The van der Waals surface area contributed by atoms with Crippen molar-refractivity contribution in [1.82, 2.24) is 0 Å². The van der Waals surface area contributed by atoms with E-state index in [0.29, 0.717) is 5.92 Å². The topological polar surface area (TPSA) is 9.23 Å². The number of benzene rings is 1. The summed E-state index contributed by atoms with van der Waals surface area (Å²) in [5, 5.41) is 0. The van der Waals surface area contributed by atoms with Gasteiger partial charge in [0.05, 0.1) is 7.11 Å². The minimum atomic E-state index is 0.135. The minimum absolute atomic E-state index is 0.135. The number of hydrogen-bond donors (Lipinski definition) is 0. The Morgan fingerprint density at radius 2 is 1.73 bits per heavy atom. The number of hydrogen-bond acceptors (Lipinski definition) is 1. The van der Waals surface area contributed by atoms with Crippen molar-refractivity contribution >= 4 is 0 Å². The molecule has 0 aliphatic rings. The van der Waals surface area contributed by atoms with Gasteiger partial charge in [0.15, 0.2) is 0 Å². The summed E-state index contributed by atoms with van der Waals surface area (Å²) >= 11 is 0. The van der Waals surface area contributed by atoms with Crippen LogP contribution in [0.5, 0.6) is 5.75 Å². The lowest BCUT2D eigenvalue weighted by atomic mass is 9.84. The molecule has 0 bridgehead atoms. The van der Waals surface area contributed by atoms with Gasteiger partial charge < -0.3 is 4.74 Å². The van der Waals surface area contributed by atoms with Crippen LogP contribution in [0.4, 0.5) is 0 Å². The molecule has 0 radical (unpaired) electrons. The number of rotatable bonds is 2. The van der Waals surface area contributed by atoms with Crippen LogP contribution in [0.2, 0.25) is 0 Å². The molecule has 0 spiro atoms. The van der Waals surface area contributed by atoms with Crippen LogP contribution in [-0.4, -0.2) is 7.11 Å². The fourth-order valence-electron chi connectivity index (χ4n) is 1.67. The first-order valence-corrected chi connectivity index (χ1v) is 5.54. The summed E-state index contributed by atoms with van der Waals surface area (Å²) in [5.41, 5.74) is 2.80. The van der Waals surface area contributed by atoms with Gasteiger partial charge in [-0.2, -0.15) is 0 Å². The fraction of sp³-hybridized carbons (Fsp3) is 0.571. The van der Waals surface area contributed by atoms with Crippen LogP contribution in [0.15, 0.2) is 18.2 Å². The highest BCUT2D eigenvalue weighted by molar-refractivity contribution is 5.42. The summed E-state index contributed by atoms with van der Waals surface area (Å²) in [6, 6.07) is 6.50. The molecular weight excluding hydrogens is 184 g/mol. The van der Waals surface area contributed by atoms with Gasteiger partial charge in [-0.15, -0.1) is 0 Å². The molecule has 1 heteroatoms. The van der Waals surface area contributed by atoms with Crippen LogP contribution >= 0.6 is 0 Å². The molecule has 0 atom stereocenters. The highest BCUT2D eigenvalue weighted by Crippen LogP contribution is 2.33. The molecule has 84 valence electrons. The summed E-state index contributed by atoms with van der Waals surface area (Å²) in [6.45, 7) is 11.1. The van der Waals surface area contributed by atoms with Gasteiger partial charge in [-0.3, -0.25) is 0 Å². The van der Waals surface area contributed by atoms with Gasteiger partial charge >= 0.3 is 0 Å². The third-order valence-electron chi connectivity index (χ3n) is 2.70. The summed E-state index contributed by atoms with van der Waals surface area (Å²) in [6.07, 6.45) is 0. The third-order valence-corrected chi connectivity index (χ3v) is 2.70. The monoisotopic (exact) mass is 206 g/mol. The van der Waals surface area contributed by atoms with E-state index < -0.39 is 0 Å². The molecule has 0 saturated carbocycles. The summed E-state index contributed by atoms with van der Waals surface area (Å²) in [5.74, 6) is 1.56.